The Hall–Kier alpha value is 0.873. The summed E-state index contributed by atoms with van der Waals surface area (Å²) in [6, 6.07) is 0. The normalized spacial score (nSPS) is 14.8. The standard InChI is InChI=1S/C10H26O2SeSi2/c1-9(2,3)11-7-14-13-15-8-12-10(4,5)6/h7-8,14-15H2,1-6H3. The third kappa shape index (κ3) is 14.9. The Morgan fingerprint density at radius 3 is 1.40 bits per heavy atom. The van der Waals surface area contributed by atoms with E-state index in [0.29, 0.717) is 0 Å². The molecule has 0 heterocycles. The van der Waals surface area contributed by atoms with Gasteiger partial charge in [-0.2, -0.15) is 0 Å². The van der Waals surface area contributed by atoms with Crippen LogP contribution in [0.25, 0.3) is 0 Å². The van der Waals surface area contributed by atoms with Crippen LogP contribution in [0.15, 0.2) is 0 Å². The monoisotopic (exact) mass is 314 g/mol. The molecule has 0 aromatic heterocycles. The fraction of sp³-hybridized carbons (Fsp3) is 1.00. The van der Waals surface area contributed by atoms with Crippen LogP contribution in [-0.2, 0) is 9.47 Å². The van der Waals surface area contributed by atoms with Crippen LogP contribution in [-0.4, -0.2) is 53.6 Å². The van der Waals surface area contributed by atoms with E-state index in [4.69, 9.17) is 9.47 Å². The maximum absolute atomic E-state index is 5.74. The van der Waals surface area contributed by atoms with Gasteiger partial charge in [-0.15, -0.1) is 0 Å². The molecule has 0 saturated heterocycles. The second-order valence-corrected chi connectivity index (χ2v) is 21.6. The van der Waals surface area contributed by atoms with Gasteiger partial charge in [0.15, 0.2) is 0 Å². The van der Waals surface area contributed by atoms with E-state index >= 15 is 0 Å². The summed E-state index contributed by atoms with van der Waals surface area (Å²) in [5, 5.41) is 0. The first-order valence-electron chi connectivity index (χ1n) is 5.56. The van der Waals surface area contributed by atoms with Gasteiger partial charge >= 0.3 is 105 Å². The number of hydrogen-bond acceptors (Lipinski definition) is 2. The van der Waals surface area contributed by atoms with Crippen LogP contribution < -0.4 is 0 Å². The average molecular weight is 313 g/mol. The van der Waals surface area contributed by atoms with E-state index in [2.05, 4.69) is 41.5 Å². The van der Waals surface area contributed by atoms with E-state index in [1.54, 1.807) is 0 Å². The van der Waals surface area contributed by atoms with Gasteiger partial charge in [0.25, 0.3) is 0 Å². The van der Waals surface area contributed by atoms with Crippen molar-refractivity contribution in [2.24, 2.45) is 0 Å². The molecule has 0 radical (unpaired) electrons. The number of ether oxygens (including phenoxy) is 2. The molecule has 0 fully saturated rings. The number of rotatable bonds is 6. The molecule has 0 saturated carbocycles. The second-order valence-electron chi connectivity index (χ2n) is 5.53. The second kappa shape index (κ2) is 7.25. The molecule has 0 aliphatic rings. The summed E-state index contributed by atoms with van der Waals surface area (Å²) in [5.74, 6) is 0. The zero-order chi connectivity index (χ0) is 11.9. The van der Waals surface area contributed by atoms with Crippen molar-refractivity contribution < 1.29 is 9.47 Å². The Balaban J connectivity index is 3.20. The van der Waals surface area contributed by atoms with Crippen LogP contribution in [0.4, 0.5) is 0 Å². The van der Waals surface area contributed by atoms with E-state index in [9.17, 15) is 0 Å². The van der Waals surface area contributed by atoms with Crippen molar-refractivity contribution in [3.8, 4) is 0 Å². The molecule has 5 heteroatoms. The van der Waals surface area contributed by atoms with E-state index in [1.807, 2.05) is 0 Å². The van der Waals surface area contributed by atoms with Crippen molar-refractivity contribution >= 4 is 29.9 Å². The molecule has 0 amide bonds. The summed E-state index contributed by atoms with van der Waals surface area (Å²) >= 11 is 0.941. The van der Waals surface area contributed by atoms with E-state index in [1.165, 1.54) is 0 Å². The van der Waals surface area contributed by atoms with Gasteiger partial charge in [0.05, 0.1) is 0 Å². The molecule has 0 unspecified atom stereocenters. The molecule has 0 aromatic carbocycles. The zero-order valence-corrected chi connectivity index (χ0v) is 15.6. The average Bonchev–Trinajstić information content (AvgIpc) is 1.98. The third-order valence-electron chi connectivity index (χ3n) is 1.53. The third-order valence-corrected chi connectivity index (χ3v) is 17.6. The first-order chi connectivity index (χ1) is 6.71. The van der Waals surface area contributed by atoms with Crippen molar-refractivity contribution in [2.75, 3.05) is 12.5 Å². The molecular formula is C10H26O2SeSi2. The minimum absolute atomic E-state index is 0.0620. The van der Waals surface area contributed by atoms with Crippen molar-refractivity contribution in [1.29, 1.82) is 0 Å². The topological polar surface area (TPSA) is 18.5 Å². The van der Waals surface area contributed by atoms with Gasteiger partial charge in [0, 0.05) is 0 Å². The summed E-state index contributed by atoms with van der Waals surface area (Å²) in [5.41, 5.74) is 0.124. The van der Waals surface area contributed by atoms with Crippen LogP contribution in [0.3, 0.4) is 0 Å². The predicted octanol–water partition coefficient (Wildman–Crippen LogP) is 0.403. The van der Waals surface area contributed by atoms with Gasteiger partial charge in [-0.1, -0.05) is 0 Å². The van der Waals surface area contributed by atoms with Gasteiger partial charge in [-0.25, -0.2) is 0 Å². The molecule has 0 aromatic rings. The molecule has 0 atom stereocenters. The van der Waals surface area contributed by atoms with Gasteiger partial charge in [0.2, 0.25) is 0 Å². The van der Waals surface area contributed by atoms with Crippen LogP contribution in [0.1, 0.15) is 41.5 Å². The maximum atomic E-state index is 5.74. The van der Waals surface area contributed by atoms with E-state index < -0.39 is 0 Å². The van der Waals surface area contributed by atoms with Crippen molar-refractivity contribution in [2.45, 2.75) is 52.7 Å². The van der Waals surface area contributed by atoms with Crippen molar-refractivity contribution in [3.63, 3.8) is 0 Å². The Morgan fingerprint density at radius 2 is 1.13 bits per heavy atom. The summed E-state index contributed by atoms with van der Waals surface area (Å²) in [7, 11) is 0.179. The molecule has 0 aliphatic heterocycles. The quantitative estimate of drug-likeness (QED) is 0.522. The molecule has 0 bridgehead atoms. The molecule has 92 valence electrons. The van der Waals surface area contributed by atoms with Gasteiger partial charge < -0.3 is 0 Å². The van der Waals surface area contributed by atoms with Crippen molar-refractivity contribution in [3.05, 3.63) is 0 Å². The van der Waals surface area contributed by atoms with Gasteiger partial charge in [0.1, 0.15) is 0 Å². The Kier molecular flexibility index (Phi) is 7.67. The fourth-order valence-electron chi connectivity index (χ4n) is 0.916. The van der Waals surface area contributed by atoms with Crippen LogP contribution in [0.2, 0.25) is 0 Å². The molecule has 0 rings (SSSR count). The Labute approximate surface area is 105 Å². The molecule has 15 heavy (non-hydrogen) atoms. The summed E-state index contributed by atoms with van der Waals surface area (Å²) in [6.07, 6.45) is 2.12. The summed E-state index contributed by atoms with van der Waals surface area (Å²) < 4.78 is 11.5. The van der Waals surface area contributed by atoms with Gasteiger partial charge in [-0.05, 0) is 0 Å². The van der Waals surface area contributed by atoms with Gasteiger partial charge in [-0.3, -0.25) is 0 Å². The summed E-state index contributed by atoms with van der Waals surface area (Å²) in [4.78, 5) is 0. The first-order valence-corrected chi connectivity index (χ1v) is 16.0. The molecular weight excluding hydrogens is 287 g/mol. The molecule has 0 N–H and O–H groups in total. The van der Waals surface area contributed by atoms with E-state index in [-0.39, 0.29) is 27.5 Å². The molecule has 0 aliphatic carbocycles. The van der Waals surface area contributed by atoms with Crippen LogP contribution in [0.5, 0.6) is 0 Å². The van der Waals surface area contributed by atoms with E-state index in [0.717, 1.165) is 26.1 Å². The fourth-order valence-corrected chi connectivity index (χ4v) is 13.4. The van der Waals surface area contributed by atoms with Crippen LogP contribution >= 0.6 is 0 Å². The van der Waals surface area contributed by atoms with Crippen molar-refractivity contribution in [1.82, 2.24) is 0 Å². The Bertz CT molecular complexity index is 146. The SMILES string of the molecule is CC(C)(C)OC[SiH2][Se][SiH2]COC(C)(C)C. The summed E-state index contributed by atoms with van der Waals surface area (Å²) in [6.45, 7) is 12.8. The molecule has 2 nitrogen and oxygen atoms in total. The first kappa shape index (κ1) is 15.9. The number of hydrogen-bond donors (Lipinski definition) is 0. The predicted molar refractivity (Wildman–Crippen MR) is 74.3 cm³/mol. The molecule has 0 spiro atoms. The van der Waals surface area contributed by atoms with Crippen LogP contribution in [0, 0.1) is 0 Å². The Morgan fingerprint density at radius 1 is 0.800 bits per heavy atom. The minimum atomic E-state index is 0.0620. The zero-order valence-electron chi connectivity index (χ0n) is 11.1.